The van der Waals surface area contributed by atoms with Crippen LogP contribution in [0.2, 0.25) is 0 Å². The molecule has 0 saturated heterocycles. The van der Waals surface area contributed by atoms with Gasteiger partial charge >= 0.3 is 5.97 Å². The molecule has 0 atom stereocenters. The van der Waals surface area contributed by atoms with Crippen LogP contribution in [0.3, 0.4) is 0 Å². The van der Waals surface area contributed by atoms with Gasteiger partial charge in [0.2, 0.25) is 5.91 Å². The summed E-state index contributed by atoms with van der Waals surface area (Å²) in [4.78, 5) is 22.9. The van der Waals surface area contributed by atoms with Gasteiger partial charge in [0.05, 0.1) is 18.4 Å². The van der Waals surface area contributed by atoms with Crippen LogP contribution in [0, 0.1) is 0 Å². The van der Waals surface area contributed by atoms with Gasteiger partial charge in [0.15, 0.2) is 0 Å². The molecule has 0 aliphatic heterocycles. The van der Waals surface area contributed by atoms with E-state index in [1.54, 1.807) is 6.92 Å². The van der Waals surface area contributed by atoms with Crippen molar-refractivity contribution in [3.63, 3.8) is 0 Å². The Kier molecular flexibility index (Phi) is 5.90. The number of ether oxygens (including phenoxy) is 1. The summed E-state index contributed by atoms with van der Waals surface area (Å²) >= 11 is 0. The summed E-state index contributed by atoms with van der Waals surface area (Å²) in [6, 6.07) is 0. The van der Waals surface area contributed by atoms with Gasteiger partial charge in [-0.3, -0.25) is 9.48 Å². The van der Waals surface area contributed by atoms with Crippen molar-refractivity contribution >= 4 is 11.9 Å². The highest BCUT2D eigenvalue weighted by Gasteiger charge is 2.10. The molecule has 0 aromatic carbocycles. The van der Waals surface area contributed by atoms with Crippen molar-refractivity contribution in [1.29, 1.82) is 0 Å². The van der Waals surface area contributed by atoms with Crippen LogP contribution in [0.4, 0.5) is 0 Å². The van der Waals surface area contributed by atoms with Crippen LogP contribution >= 0.6 is 0 Å². The Bertz CT molecular complexity index is 401. The molecule has 0 aliphatic rings. The molecule has 0 saturated carbocycles. The van der Waals surface area contributed by atoms with E-state index in [2.05, 4.69) is 17.3 Å². The van der Waals surface area contributed by atoms with E-state index in [-0.39, 0.29) is 12.5 Å². The van der Waals surface area contributed by atoms with Crippen molar-refractivity contribution in [2.75, 3.05) is 13.2 Å². The number of unbranched alkanes of at least 4 members (excludes halogenated alkanes) is 1. The van der Waals surface area contributed by atoms with Crippen molar-refractivity contribution in [3.8, 4) is 0 Å². The standard InChI is InChI=1S/C12H19N3O3/c1-3-5-6-13-11(16)9-15-8-10(7-14-15)12(17)18-4-2/h7-8H,3-6,9H2,1-2H3,(H,13,16). The summed E-state index contributed by atoms with van der Waals surface area (Å²) in [5, 5.41) is 6.72. The van der Waals surface area contributed by atoms with Gasteiger partial charge in [-0.2, -0.15) is 5.10 Å². The zero-order chi connectivity index (χ0) is 13.4. The third kappa shape index (κ3) is 4.57. The van der Waals surface area contributed by atoms with Gasteiger partial charge in [0.1, 0.15) is 6.54 Å². The summed E-state index contributed by atoms with van der Waals surface area (Å²) in [6.45, 7) is 4.90. The van der Waals surface area contributed by atoms with Crippen LogP contribution in [-0.2, 0) is 16.1 Å². The third-order valence-electron chi connectivity index (χ3n) is 2.30. The zero-order valence-corrected chi connectivity index (χ0v) is 10.8. The molecule has 0 spiro atoms. The summed E-state index contributed by atoms with van der Waals surface area (Å²) in [7, 11) is 0. The maximum atomic E-state index is 11.5. The SMILES string of the molecule is CCCCNC(=O)Cn1cc(C(=O)OCC)cn1. The van der Waals surface area contributed by atoms with Crippen LogP contribution < -0.4 is 5.32 Å². The van der Waals surface area contributed by atoms with Gasteiger partial charge in [-0.15, -0.1) is 0 Å². The zero-order valence-electron chi connectivity index (χ0n) is 10.8. The smallest absolute Gasteiger partial charge is 0.341 e. The summed E-state index contributed by atoms with van der Waals surface area (Å²) in [6.07, 6.45) is 4.91. The third-order valence-corrected chi connectivity index (χ3v) is 2.30. The van der Waals surface area contributed by atoms with Crippen molar-refractivity contribution < 1.29 is 14.3 Å². The quantitative estimate of drug-likeness (QED) is 0.580. The van der Waals surface area contributed by atoms with E-state index in [0.717, 1.165) is 12.8 Å². The fourth-order valence-electron chi connectivity index (χ4n) is 1.38. The maximum absolute atomic E-state index is 11.5. The maximum Gasteiger partial charge on any atom is 0.341 e. The fourth-order valence-corrected chi connectivity index (χ4v) is 1.38. The van der Waals surface area contributed by atoms with Gasteiger partial charge < -0.3 is 10.1 Å². The highest BCUT2D eigenvalue weighted by atomic mass is 16.5. The van der Waals surface area contributed by atoms with Gasteiger partial charge in [0.25, 0.3) is 0 Å². The van der Waals surface area contributed by atoms with Crippen molar-refractivity contribution in [3.05, 3.63) is 18.0 Å². The molecule has 1 amide bonds. The fraction of sp³-hybridized carbons (Fsp3) is 0.583. The molecule has 1 aromatic heterocycles. The predicted molar refractivity (Wildman–Crippen MR) is 66.1 cm³/mol. The van der Waals surface area contributed by atoms with Crippen LogP contribution in [-0.4, -0.2) is 34.8 Å². The number of esters is 1. The minimum atomic E-state index is -0.421. The average molecular weight is 253 g/mol. The molecule has 1 aromatic rings. The molecule has 1 N–H and O–H groups in total. The molecule has 0 aliphatic carbocycles. The molecular weight excluding hydrogens is 234 g/mol. The Labute approximate surface area is 106 Å². The van der Waals surface area contributed by atoms with E-state index in [0.29, 0.717) is 18.7 Å². The lowest BCUT2D eigenvalue weighted by molar-refractivity contribution is -0.121. The second-order valence-electron chi connectivity index (χ2n) is 3.85. The Morgan fingerprint density at radius 2 is 2.22 bits per heavy atom. The topological polar surface area (TPSA) is 73.2 Å². The first-order valence-electron chi connectivity index (χ1n) is 6.13. The second-order valence-corrected chi connectivity index (χ2v) is 3.85. The molecule has 18 heavy (non-hydrogen) atoms. The molecule has 100 valence electrons. The Morgan fingerprint density at radius 3 is 2.89 bits per heavy atom. The Hall–Kier alpha value is -1.85. The summed E-state index contributed by atoms with van der Waals surface area (Å²) in [5.74, 6) is -0.530. The first kappa shape index (κ1) is 14.2. The molecule has 6 heteroatoms. The van der Waals surface area contributed by atoms with Gasteiger partial charge in [-0.1, -0.05) is 13.3 Å². The van der Waals surface area contributed by atoms with E-state index >= 15 is 0 Å². The normalized spacial score (nSPS) is 10.1. The van der Waals surface area contributed by atoms with Crippen molar-refractivity contribution in [2.24, 2.45) is 0 Å². The molecule has 0 radical (unpaired) electrons. The minimum absolute atomic E-state index is 0.109. The van der Waals surface area contributed by atoms with E-state index in [9.17, 15) is 9.59 Å². The molecule has 1 heterocycles. The number of hydrogen-bond acceptors (Lipinski definition) is 4. The van der Waals surface area contributed by atoms with Crippen LogP contribution in [0.5, 0.6) is 0 Å². The highest BCUT2D eigenvalue weighted by Crippen LogP contribution is 2.00. The number of nitrogens with zero attached hydrogens (tertiary/aromatic N) is 2. The predicted octanol–water partition coefficient (Wildman–Crippen LogP) is 0.976. The number of amides is 1. The number of carbonyl (C=O) groups is 2. The van der Waals surface area contributed by atoms with E-state index < -0.39 is 5.97 Å². The Balaban J connectivity index is 2.43. The largest absolute Gasteiger partial charge is 0.462 e. The lowest BCUT2D eigenvalue weighted by Gasteiger charge is -2.03. The van der Waals surface area contributed by atoms with Crippen LogP contribution in [0.15, 0.2) is 12.4 Å². The molecule has 0 fully saturated rings. The second kappa shape index (κ2) is 7.47. The first-order valence-corrected chi connectivity index (χ1v) is 6.13. The van der Waals surface area contributed by atoms with E-state index in [4.69, 9.17) is 4.74 Å². The lowest BCUT2D eigenvalue weighted by atomic mass is 10.3. The van der Waals surface area contributed by atoms with Gasteiger partial charge in [-0.25, -0.2) is 4.79 Å². The lowest BCUT2D eigenvalue weighted by Crippen LogP contribution is -2.28. The van der Waals surface area contributed by atoms with E-state index in [1.807, 2.05) is 0 Å². The highest BCUT2D eigenvalue weighted by molar-refractivity contribution is 5.88. The molecular formula is C12H19N3O3. The molecule has 6 nitrogen and oxygen atoms in total. The van der Waals surface area contributed by atoms with Crippen LogP contribution in [0.25, 0.3) is 0 Å². The molecule has 0 bridgehead atoms. The van der Waals surface area contributed by atoms with Crippen LogP contribution in [0.1, 0.15) is 37.0 Å². The summed E-state index contributed by atoms with van der Waals surface area (Å²) in [5.41, 5.74) is 0.359. The monoisotopic (exact) mass is 253 g/mol. The average Bonchev–Trinajstić information content (AvgIpc) is 2.78. The van der Waals surface area contributed by atoms with Crippen molar-refractivity contribution in [2.45, 2.75) is 33.2 Å². The van der Waals surface area contributed by atoms with Gasteiger partial charge in [0, 0.05) is 12.7 Å². The minimum Gasteiger partial charge on any atom is -0.462 e. The number of nitrogens with one attached hydrogen (secondary N) is 1. The number of aromatic nitrogens is 2. The van der Waals surface area contributed by atoms with Crippen molar-refractivity contribution in [1.82, 2.24) is 15.1 Å². The first-order chi connectivity index (χ1) is 8.67. The summed E-state index contributed by atoms with van der Waals surface area (Å²) < 4.78 is 6.26. The Morgan fingerprint density at radius 1 is 1.44 bits per heavy atom. The number of hydrogen-bond donors (Lipinski definition) is 1. The van der Waals surface area contributed by atoms with E-state index in [1.165, 1.54) is 17.1 Å². The molecule has 0 unspecified atom stereocenters. The molecule has 1 rings (SSSR count). The van der Waals surface area contributed by atoms with Gasteiger partial charge in [-0.05, 0) is 13.3 Å². The number of carbonyl (C=O) groups excluding carboxylic acids is 2. The number of rotatable bonds is 7.